The second-order valence-electron chi connectivity index (χ2n) is 6.86. The number of carbonyl (C=O) groups excluding carboxylic acids is 1. The van der Waals surface area contributed by atoms with Crippen molar-refractivity contribution in [2.24, 2.45) is 0 Å². The van der Waals surface area contributed by atoms with Crippen LogP contribution in [0, 0.1) is 6.92 Å². The molecule has 0 aromatic heterocycles. The fourth-order valence-electron chi connectivity index (χ4n) is 2.05. The maximum absolute atomic E-state index is 8.00. The van der Waals surface area contributed by atoms with Gasteiger partial charge in [0.05, 0.1) is 17.8 Å². The molecule has 27 heavy (non-hydrogen) atoms. The highest BCUT2D eigenvalue weighted by atomic mass is 16.7. The quantitative estimate of drug-likeness (QED) is 0.747. The van der Waals surface area contributed by atoms with Crippen LogP contribution >= 0.6 is 0 Å². The van der Waals surface area contributed by atoms with Crippen molar-refractivity contribution in [3.05, 3.63) is 23.8 Å². The Morgan fingerprint density at radius 3 is 1.74 bits per heavy atom. The van der Waals surface area contributed by atoms with Gasteiger partial charge in [0.1, 0.15) is 12.5 Å². The number of carbonyl (C=O) groups is 1. The first-order chi connectivity index (χ1) is 12.6. The van der Waals surface area contributed by atoms with Crippen molar-refractivity contribution < 1.29 is 28.3 Å². The molecule has 0 atom stereocenters. The Balaban J connectivity index is 0. The molecule has 1 fully saturated rings. The SMILES string of the molecule is C=O.CCOc1cc(B2OC(C)(C)C(C)(C)O2)ccc1C.COC.COC. The number of methoxy groups -OCH3 is 2. The minimum absolute atomic E-state index is 0.311. The second-order valence-corrected chi connectivity index (χ2v) is 6.86. The summed E-state index contributed by atoms with van der Waals surface area (Å²) in [5, 5.41) is 0. The van der Waals surface area contributed by atoms with E-state index in [1.165, 1.54) is 0 Å². The van der Waals surface area contributed by atoms with E-state index in [4.69, 9.17) is 18.8 Å². The predicted molar refractivity (Wildman–Crippen MR) is 111 cm³/mol. The van der Waals surface area contributed by atoms with Crippen LogP contribution in [0.25, 0.3) is 0 Å². The third-order valence-corrected chi connectivity index (χ3v) is 4.04. The summed E-state index contributed by atoms with van der Waals surface area (Å²) in [4.78, 5) is 8.00. The zero-order valence-electron chi connectivity index (χ0n) is 18.7. The van der Waals surface area contributed by atoms with Gasteiger partial charge in [0.25, 0.3) is 0 Å². The van der Waals surface area contributed by atoms with Gasteiger partial charge >= 0.3 is 7.12 Å². The summed E-state index contributed by atoms with van der Waals surface area (Å²) < 4.78 is 26.2. The summed E-state index contributed by atoms with van der Waals surface area (Å²) in [5.41, 5.74) is 1.51. The van der Waals surface area contributed by atoms with Gasteiger partial charge in [-0.3, -0.25) is 0 Å². The third-order valence-electron chi connectivity index (χ3n) is 4.04. The number of benzene rings is 1. The summed E-state index contributed by atoms with van der Waals surface area (Å²) >= 11 is 0. The van der Waals surface area contributed by atoms with Crippen LogP contribution in [0.1, 0.15) is 40.2 Å². The summed E-state index contributed by atoms with van der Waals surface area (Å²) in [6.45, 7) is 14.9. The van der Waals surface area contributed by atoms with Crippen LogP contribution < -0.4 is 10.2 Å². The smallest absolute Gasteiger partial charge is 0.494 e. The molecule has 0 spiro atoms. The van der Waals surface area contributed by atoms with Gasteiger partial charge in [0.15, 0.2) is 0 Å². The van der Waals surface area contributed by atoms with Gasteiger partial charge in [0, 0.05) is 28.4 Å². The monoisotopic (exact) mass is 384 g/mol. The van der Waals surface area contributed by atoms with Crippen LogP contribution in [0.3, 0.4) is 0 Å². The first kappa shape index (κ1) is 27.8. The fourth-order valence-corrected chi connectivity index (χ4v) is 2.05. The molecule has 0 amide bonds. The van der Waals surface area contributed by atoms with E-state index >= 15 is 0 Å². The lowest BCUT2D eigenvalue weighted by molar-refractivity contribution is -0.0980. The molecule has 0 aliphatic carbocycles. The first-order valence-electron chi connectivity index (χ1n) is 8.78. The minimum atomic E-state index is -0.329. The van der Waals surface area contributed by atoms with Gasteiger partial charge < -0.3 is 28.3 Å². The van der Waals surface area contributed by atoms with E-state index in [-0.39, 0.29) is 18.3 Å². The molecule has 1 aliphatic rings. The van der Waals surface area contributed by atoms with Gasteiger partial charge in [-0.1, -0.05) is 12.1 Å². The molecule has 6 nitrogen and oxygen atoms in total. The lowest BCUT2D eigenvalue weighted by atomic mass is 9.78. The highest BCUT2D eigenvalue weighted by Crippen LogP contribution is 2.36. The van der Waals surface area contributed by atoms with E-state index in [9.17, 15) is 0 Å². The summed E-state index contributed by atoms with van der Waals surface area (Å²) in [6, 6.07) is 6.10. The molecule has 0 saturated carbocycles. The molecule has 0 unspecified atom stereocenters. The van der Waals surface area contributed by atoms with Crippen LogP contribution in [0.2, 0.25) is 0 Å². The third kappa shape index (κ3) is 8.88. The molecule has 156 valence electrons. The highest BCUT2D eigenvalue weighted by molar-refractivity contribution is 6.62. The van der Waals surface area contributed by atoms with Gasteiger partial charge in [-0.2, -0.15) is 0 Å². The molecule has 0 radical (unpaired) electrons. The average Bonchev–Trinajstić information content (AvgIpc) is 2.81. The molecule has 2 rings (SSSR count). The normalized spacial score (nSPS) is 16.0. The van der Waals surface area contributed by atoms with Gasteiger partial charge in [-0.15, -0.1) is 0 Å². The van der Waals surface area contributed by atoms with Crippen LogP contribution in [-0.4, -0.2) is 60.2 Å². The fraction of sp³-hybridized carbons (Fsp3) is 0.650. The van der Waals surface area contributed by atoms with E-state index in [1.807, 2.05) is 38.8 Å². The minimum Gasteiger partial charge on any atom is -0.494 e. The van der Waals surface area contributed by atoms with Crippen LogP contribution in [-0.2, 0) is 23.6 Å². The number of hydrogen-bond acceptors (Lipinski definition) is 6. The van der Waals surface area contributed by atoms with Crippen molar-refractivity contribution >= 4 is 19.4 Å². The van der Waals surface area contributed by atoms with Crippen molar-refractivity contribution in [1.82, 2.24) is 0 Å². The van der Waals surface area contributed by atoms with Crippen molar-refractivity contribution in [3.63, 3.8) is 0 Å². The number of hydrogen-bond donors (Lipinski definition) is 0. The van der Waals surface area contributed by atoms with Crippen molar-refractivity contribution in [2.75, 3.05) is 35.0 Å². The Labute approximate surface area is 165 Å². The molecule has 7 heteroatoms. The summed E-state index contributed by atoms with van der Waals surface area (Å²) in [6.07, 6.45) is 0. The van der Waals surface area contributed by atoms with Gasteiger partial charge in [0.2, 0.25) is 0 Å². The zero-order chi connectivity index (χ0) is 21.7. The van der Waals surface area contributed by atoms with Gasteiger partial charge in [-0.05, 0) is 58.6 Å². The van der Waals surface area contributed by atoms with E-state index < -0.39 is 0 Å². The van der Waals surface area contributed by atoms with Crippen molar-refractivity contribution in [3.8, 4) is 5.75 Å². The molecular formula is C20H37BO6. The Morgan fingerprint density at radius 2 is 1.37 bits per heavy atom. The van der Waals surface area contributed by atoms with E-state index in [1.54, 1.807) is 28.4 Å². The topological polar surface area (TPSA) is 63.2 Å². The Morgan fingerprint density at radius 1 is 0.963 bits per heavy atom. The Bertz CT molecular complexity index is 501. The Hall–Kier alpha value is -1.41. The van der Waals surface area contributed by atoms with E-state index in [0.717, 1.165) is 16.8 Å². The number of ether oxygens (including phenoxy) is 3. The molecule has 0 bridgehead atoms. The first-order valence-corrected chi connectivity index (χ1v) is 8.78. The maximum atomic E-state index is 8.00. The van der Waals surface area contributed by atoms with E-state index in [2.05, 4.69) is 37.2 Å². The number of aryl methyl sites for hydroxylation is 1. The molecule has 1 heterocycles. The lowest BCUT2D eigenvalue weighted by Gasteiger charge is -2.32. The average molecular weight is 384 g/mol. The highest BCUT2D eigenvalue weighted by Gasteiger charge is 2.51. The lowest BCUT2D eigenvalue weighted by Crippen LogP contribution is -2.41. The Kier molecular flexibility index (Phi) is 14.1. The van der Waals surface area contributed by atoms with Crippen LogP contribution in [0.5, 0.6) is 5.75 Å². The molecular weight excluding hydrogens is 347 g/mol. The summed E-state index contributed by atoms with van der Waals surface area (Å²) in [7, 11) is 6.17. The summed E-state index contributed by atoms with van der Waals surface area (Å²) in [5.74, 6) is 0.898. The zero-order valence-corrected chi connectivity index (χ0v) is 18.7. The molecule has 0 N–H and O–H groups in total. The molecule has 1 aromatic rings. The van der Waals surface area contributed by atoms with Crippen molar-refractivity contribution in [2.45, 2.75) is 52.7 Å². The predicted octanol–water partition coefficient (Wildman–Crippen LogP) is 3.03. The molecule has 1 aliphatic heterocycles. The second kappa shape index (κ2) is 13.7. The largest absolute Gasteiger partial charge is 0.494 e. The van der Waals surface area contributed by atoms with Crippen LogP contribution in [0.4, 0.5) is 0 Å². The molecule has 1 saturated heterocycles. The maximum Gasteiger partial charge on any atom is 0.494 e. The van der Waals surface area contributed by atoms with Gasteiger partial charge in [-0.25, -0.2) is 0 Å². The van der Waals surface area contributed by atoms with Crippen molar-refractivity contribution in [1.29, 1.82) is 0 Å². The number of rotatable bonds is 3. The molecule has 1 aromatic carbocycles. The van der Waals surface area contributed by atoms with Crippen LogP contribution in [0.15, 0.2) is 18.2 Å². The standard InChI is InChI=1S/C15H23BO3.2C2H6O.CH2O/c1-7-17-13-10-12(9-8-11(13)2)16-18-14(3,4)15(5,6)19-16;2*1-3-2;1-2/h8-10H,7H2,1-6H3;2*1-2H3;1H2. The van der Waals surface area contributed by atoms with E-state index in [0.29, 0.717) is 6.61 Å².